The van der Waals surface area contributed by atoms with E-state index < -0.39 is 30.8 Å². The molecule has 148 valence electrons. The average molecular weight is 404 g/mol. The summed E-state index contributed by atoms with van der Waals surface area (Å²) < 4.78 is 31.1. The Morgan fingerprint density at radius 3 is 3.00 bits per heavy atom. The molecular weight excluding hydrogens is 385 g/mol. The standard InChI is InChI=1S/C15H19ClFN5O5/c1-2-3-4-25-15(24)26-5-7-10(23)8(17)13(27-7)22-6-19-9-11(18)20-14(16)21-12(9)22/h6-8,10,13,23H,2-5H2,1H3,(H2,18,20,21)/t7-,8+,10-,13-/m1/s1. The molecule has 0 bridgehead atoms. The molecule has 3 heterocycles. The summed E-state index contributed by atoms with van der Waals surface area (Å²) in [4.78, 5) is 23.3. The number of nitrogen functional groups attached to an aromatic ring is 1. The van der Waals surface area contributed by atoms with Gasteiger partial charge in [-0.25, -0.2) is 14.2 Å². The molecule has 3 rings (SSSR count). The maximum atomic E-state index is 14.6. The molecule has 2 aromatic rings. The number of hydrogen-bond donors (Lipinski definition) is 2. The minimum Gasteiger partial charge on any atom is -0.434 e. The van der Waals surface area contributed by atoms with Crippen molar-refractivity contribution in [1.29, 1.82) is 0 Å². The topological polar surface area (TPSA) is 135 Å². The van der Waals surface area contributed by atoms with E-state index in [-0.39, 0.29) is 35.5 Å². The zero-order chi connectivity index (χ0) is 19.6. The SMILES string of the molecule is CCCCOC(=O)OC[C@H]1O[C@@H](n2cnc3c(N)nc(Cl)nc32)[C@@H](F)[C@@H]1O. The van der Waals surface area contributed by atoms with E-state index in [2.05, 4.69) is 15.0 Å². The number of anilines is 1. The van der Waals surface area contributed by atoms with Gasteiger partial charge in [-0.1, -0.05) is 13.3 Å². The number of nitrogens with two attached hydrogens (primary N) is 1. The van der Waals surface area contributed by atoms with E-state index in [1.54, 1.807) is 0 Å². The summed E-state index contributed by atoms with van der Waals surface area (Å²) in [5.74, 6) is 0.0346. The molecule has 27 heavy (non-hydrogen) atoms. The van der Waals surface area contributed by atoms with Crippen LogP contribution in [0.4, 0.5) is 15.0 Å². The fraction of sp³-hybridized carbons (Fsp3) is 0.600. The molecule has 0 unspecified atom stereocenters. The van der Waals surface area contributed by atoms with Crippen LogP contribution in [0.3, 0.4) is 0 Å². The van der Waals surface area contributed by atoms with Gasteiger partial charge < -0.3 is 25.1 Å². The minimum atomic E-state index is -1.82. The van der Waals surface area contributed by atoms with E-state index in [4.69, 9.17) is 31.5 Å². The third-order valence-corrected chi connectivity index (χ3v) is 4.24. The highest BCUT2D eigenvalue weighted by Crippen LogP contribution is 2.34. The van der Waals surface area contributed by atoms with Crippen LogP contribution in [0.5, 0.6) is 0 Å². The Morgan fingerprint density at radius 1 is 1.48 bits per heavy atom. The fourth-order valence-electron chi connectivity index (χ4n) is 2.65. The second kappa shape index (κ2) is 8.19. The third-order valence-electron chi connectivity index (χ3n) is 4.07. The predicted molar refractivity (Wildman–Crippen MR) is 91.8 cm³/mol. The van der Waals surface area contributed by atoms with Crippen molar-refractivity contribution in [3.63, 3.8) is 0 Å². The fourth-order valence-corrected chi connectivity index (χ4v) is 2.83. The van der Waals surface area contributed by atoms with E-state index in [0.29, 0.717) is 6.42 Å². The van der Waals surface area contributed by atoms with E-state index in [1.165, 1.54) is 10.9 Å². The number of ether oxygens (including phenoxy) is 3. The Balaban J connectivity index is 1.69. The first-order valence-corrected chi connectivity index (χ1v) is 8.72. The summed E-state index contributed by atoms with van der Waals surface area (Å²) in [7, 11) is 0. The first kappa shape index (κ1) is 19.5. The molecule has 0 aromatic carbocycles. The van der Waals surface area contributed by atoms with Crippen LogP contribution in [0.15, 0.2) is 6.33 Å². The third kappa shape index (κ3) is 4.04. The quantitative estimate of drug-likeness (QED) is 0.419. The highest BCUT2D eigenvalue weighted by Gasteiger charge is 2.46. The molecule has 1 saturated heterocycles. The molecule has 0 amide bonds. The smallest absolute Gasteiger partial charge is 0.434 e. The second-order valence-corrected chi connectivity index (χ2v) is 6.30. The second-order valence-electron chi connectivity index (χ2n) is 5.97. The lowest BCUT2D eigenvalue weighted by Gasteiger charge is -2.15. The van der Waals surface area contributed by atoms with Gasteiger partial charge in [-0.15, -0.1) is 0 Å². The lowest BCUT2D eigenvalue weighted by molar-refractivity contribution is -0.0583. The van der Waals surface area contributed by atoms with Gasteiger partial charge in [0.1, 0.15) is 24.3 Å². The first-order chi connectivity index (χ1) is 12.9. The van der Waals surface area contributed by atoms with Gasteiger partial charge in [0.2, 0.25) is 5.28 Å². The predicted octanol–water partition coefficient (Wildman–Crippen LogP) is 1.61. The van der Waals surface area contributed by atoms with Crippen LogP contribution < -0.4 is 5.73 Å². The normalized spacial score (nSPS) is 25.0. The number of fused-ring (bicyclic) bond motifs is 1. The molecule has 12 heteroatoms. The highest BCUT2D eigenvalue weighted by molar-refractivity contribution is 6.28. The lowest BCUT2D eigenvalue weighted by Crippen LogP contribution is -2.32. The Labute approximate surface area is 158 Å². The molecule has 0 saturated carbocycles. The average Bonchev–Trinajstić information content (AvgIpc) is 3.16. The summed E-state index contributed by atoms with van der Waals surface area (Å²) >= 11 is 5.79. The molecular formula is C15H19ClFN5O5. The number of unbranched alkanes of at least 4 members (excludes halogenated alkanes) is 1. The van der Waals surface area contributed by atoms with E-state index in [0.717, 1.165) is 6.42 Å². The van der Waals surface area contributed by atoms with Crippen molar-refractivity contribution in [2.75, 3.05) is 18.9 Å². The minimum absolute atomic E-state index is 0.0346. The molecule has 2 aromatic heterocycles. The van der Waals surface area contributed by atoms with Gasteiger partial charge in [-0.05, 0) is 18.0 Å². The largest absolute Gasteiger partial charge is 0.508 e. The molecule has 10 nitrogen and oxygen atoms in total. The van der Waals surface area contributed by atoms with Crippen LogP contribution >= 0.6 is 11.6 Å². The molecule has 1 aliphatic heterocycles. The summed E-state index contributed by atoms with van der Waals surface area (Å²) in [6.07, 6.45) is -3.76. The molecule has 4 atom stereocenters. The summed E-state index contributed by atoms with van der Waals surface area (Å²) in [5.41, 5.74) is 6.11. The van der Waals surface area contributed by atoms with E-state index >= 15 is 0 Å². The van der Waals surface area contributed by atoms with E-state index in [1.807, 2.05) is 6.92 Å². The number of aromatic nitrogens is 4. The summed E-state index contributed by atoms with van der Waals surface area (Å²) in [6, 6.07) is 0. The number of halogens is 2. The number of hydrogen-bond acceptors (Lipinski definition) is 9. The molecule has 1 aliphatic rings. The van der Waals surface area contributed by atoms with Crippen LogP contribution in [0.25, 0.3) is 11.2 Å². The van der Waals surface area contributed by atoms with Crippen LogP contribution in [0.2, 0.25) is 5.28 Å². The van der Waals surface area contributed by atoms with Crippen LogP contribution in [0, 0.1) is 0 Å². The summed E-state index contributed by atoms with van der Waals surface area (Å²) in [5, 5.41) is 9.95. The Kier molecular flexibility index (Phi) is 5.92. The molecule has 0 spiro atoms. The number of aliphatic hydroxyl groups is 1. The Morgan fingerprint density at radius 2 is 2.26 bits per heavy atom. The molecule has 0 radical (unpaired) electrons. The van der Waals surface area contributed by atoms with Crippen molar-refractivity contribution in [3.8, 4) is 0 Å². The monoisotopic (exact) mass is 403 g/mol. The maximum Gasteiger partial charge on any atom is 0.508 e. The Bertz CT molecular complexity index is 821. The maximum absolute atomic E-state index is 14.6. The van der Waals surface area contributed by atoms with Gasteiger partial charge in [-0.3, -0.25) is 4.57 Å². The van der Waals surface area contributed by atoms with Crippen molar-refractivity contribution in [2.45, 2.75) is 44.4 Å². The lowest BCUT2D eigenvalue weighted by atomic mass is 10.1. The zero-order valence-electron chi connectivity index (χ0n) is 14.4. The van der Waals surface area contributed by atoms with Crippen molar-refractivity contribution < 1.29 is 28.5 Å². The van der Waals surface area contributed by atoms with Gasteiger partial charge >= 0.3 is 6.16 Å². The van der Waals surface area contributed by atoms with Crippen molar-refractivity contribution >= 4 is 34.7 Å². The number of carbonyl (C=O) groups is 1. The van der Waals surface area contributed by atoms with Gasteiger partial charge in [0.25, 0.3) is 0 Å². The number of alkyl halides is 1. The highest BCUT2D eigenvalue weighted by atomic mass is 35.5. The van der Waals surface area contributed by atoms with Gasteiger partial charge in [0, 0.05) is 0 Å². The van der Waals surface area contributed by atoms with Gasteiger partial charge in [0.15, 0.2) is 23.9 Å². The first-order valence-electron chi connectivity index (χ1n) is 8.35. The summed E-state index contributed by atoms with van der Waals surface area (Å²) in [6.45, 7) is 1.80. The molecule has 1 fully saturated rings. The number of aliphatic hydroxyl groups excluding tert-OH is 1. The number of nitrogens with zero attached hydrogens (tertiary/aromatic N) is 4. The Hall–Kier alpha value is -2.24. The van der Waals surface area contributed by atoms with Gasteiger partial charge in [-0.2, -0.15) is 9.97 Å². The van der Waals surface area contributed by atoms with Crippen LogP contribution in [-0.4, -0.2) is 62.4 Å². The molecule has 3 N–H and O–H groups in total. The van der Waals surface area contributed by atoms with Crippen LogP contribution in [0.1, 0.15) is 26.0 Å². The van der Waals surface area contributed by atoms with Crippen LogP contribution in [-0.2, 0) is 14.2 Å². The number of imidazole rings is 1. The zero-order valence-corrected chi connectivity index (χ0v) is 15.2. The number of carbonyl (C=O) groups excluding carboxylic acids is 1. The van der Waals surface area contributed by atoms with Crippen molar-refractivity contribution in [3.05, 3.63) is 11.6 Å². The molecule has 0 aliphatic carbocycles. The van der Waals surface area contributed by atoms with Gasteiger partial charge in [0.05, 0.1) is 12.9 Å². The van der Waals surface area contributed by atoms with Crippen molar-refractivity contribution in [2.24, 2.45) is 0 Å². The van der Waals surface area contributed by atoms with E-state index in [9.17, 15) is 14.3 Å². The number of rotatable bonds is 6. The van der Waals surface area contributed by atoms with Crippen molar-refractivity contribution in [1.82, 2.24) is 19.5 Å².